The van der Waals surface area contributed by atoms with Gasteiger partial charge in [-0.2, -0.15) is 11.3 Å². The largest absolute Gasteiger partial charge is 0.306 e. The van der Waals surface area contributed by atoms with Gasteiger partial charge in [-0.3, -0.25) is 0 Å². The molecule has 0 saturated heterocycles. The third-order valence-electron chi connectivity index (χ3n) is 3.82. The second-order valence-corrected chi connectivity index (χ2v) is 5.90. The summed E-state index contributed by atoms with van der Waals surface area (Å²) in [6.45, 7) is 3.19. The molecule has 1 atom stereocenters. The van der Waals surface area contributed by atoms with Gasteiger partial charge >= 0.3 is 0 Å². The van der Waals surface area contributed by atoms with Crippen molar-refractivity contribution < 1.29 is 0 Å². The molecule has 1 aromatic carbocycles. The molecule has 1 aliphatic rings. The summed E-state index contributed by atoms with van der Waals surface area (Å²) in [4.78, 5) is 0. The molecule has 1 unspecified atom stereocenters. The van der Waals surface area contributed by atoms with Crippen LogP contribution in [0.2, 0.25) is 0 Å². The van der Waals surface area contributed by atoms with Gasteiger partial charge in [0.15, 0.2) is 0 Å². The third kappa shape index (κ3) is 2.50. The summed E-state index contributed by atoms with van der Waals surface area (Å²) in [5, 5.41) is 7.96. The molecule has 2 aromatic rings. The smallest absolute Gasteiger partial charge is 0.0303 e. The number of hydrogen-bond donors (Lipinski definition) is 1. The van der Waals surface area contributed by atoms with Gasteiger partial charge in [0.1, 0.15) is 0 Å². The lowest BCUT2D eigenvalue weighted by Gasteiger charge is -2.13. The van der Waals surface area contributed by atoms with Crippen LogP contribution >= 0.6 is 11.3 Å². The average molecular weight is 257 g/mol. The first-order valence-corrected chi connectivity index (χ1v) is 7.63. The third-order valence-corrected chi connectivity index (χ3v) is 4.52. The first kappa shape index (κ1) is 11.9. The number of aryl methyl sites for hydroxylation is 2. The fraction of sp³-hybridized carbons (Fsp3) is 0.375. The highest BCUT2D eigenvalue weighted by Crippen LogP contribution is 2.23. The van der Waals surface area contributed by atoms with Crippen LogP contribution in [0.4, 0.5) is 0 Å². The Hall–Kier alpha value is -1.12. The van der Waals surface area contributed by atoms with Gasteiger partial charge in [-0.1, -0.05) is 18.2 Å². The standard InChI is InChI=1S/C16H19NS/c1-12(16-7-8-18-11-16)17-10-13-5-6-14-3-2-4-15(14)9-13/h5-9,11-12,17H,2-4,10H2,1H3. The minimum Gasteiger partial charge on any atom is -0.306 e. The van der Waals surface area contributed by atoms with Crippen molar-refractivity contribution in [2.75, 3.05) is 0 Å². The number of rotatable bonds is 4. The van der Waals surface area contributed by atoms with E-state index in [4.69, 9.17) is 0 Å². The normalized spacial score (nSPS) is 15.6. The molecule has 1 nitrogen and oxygen atoms in total. The minimum absolute atomic E-state index is 0.435. The Balaban J connectivity index is 1.63. The molecule has 0 bridgehead atoms. The maximum absolute atomic E-state index is 3.60. The number of nitrogens with one attached hydrogen (secondary N) is 1. The van der Waals surface area contributed by atoms with Gasteiger partial charge in [0, 0.05) is 12.6 Å². The molecular weight excluding hydrogens is 238 g/mol. The van der Waals surface area contributed by atoms with Gasteiger partial charge < -0.3 is 5.32 Å². The Kier molecular flexibility index (Phi) is 3.48. The van der Waals surface area contributed by atoms with Gasteiger partial charge in [0.2, 0.25) is 0 Å². The van der Waals surface area contributed by atoms with Crippen molar-refractivity contribution in [3.8, 4) is 0 Å². The zero-order chi connectivity index (χ0) is 12.4. The van der Waals surface area contributed by atoms with Gasteiger partial charge in [-0.05, 0) is 65.3 Å². The van der Waals surface area contributed by atoms with Crippen molar-refractivity contribution in [1.82, 2.24) is 5.32 Å². The summed E-state index contributed by atoms with van der Waals surface area (Å²) in [7, 11) is 0. The molecule has 0 saturated carbocycles. The molecule has 0 radical (unpaired) electrons. The quantitative estimate of drug-likeness (QED) is 0.870. The highest BCUT2D eigenvalue weighted by atomic mass is 32.1. The van der Waals surface area contributed by atoms with Gasteiger partial charge in [-0.15, -0.1) is 0 Å². The summed E-state index contributed by atoms with van der Waals surface area (Å²) < 4.78 is 0. The number of hydrogen-bond acceptors (Lipinski definition) is 2. The Morgan fingerprint density at radius 1 is 1.22 bits per heavy atom. The molecule has 2 heteroatoms. The molecule has 0 fully saturated rings. The Morgan fingerprint density at radius 2 is 2.11 bits per heavy atom. The summed E-state index contributed by atoms with van der Waals surface area (Å²) in [6.07, 6.45) is 3.87. The van der Waals surface area contributed by atoms with Crippen molar-refractivity contribution in [3.05, 3.63) is 57.3 Å². The second kappa shape index (κ2) is 5.25. The van der Waals surface area contributed by atoms with Gasteiger partial charge in [-0.25, -0.2) is 0 Å². The van der Waals surface area contributed by atoms with Crippen LogP contribution in [0, 0.1) is 0 Å². The molecular formula is C16H19NS. The van der Waals surface area contributed by atoms with E-state index in [1.807, 2.05) is 0 Å². The van der Waals surface area contributed by atoms with Crippen molar-refractivity contribution in [3.63, 3.8) is 0 Å². The monoisotopic (exact) mass is 257 g/mol. The van der Waals surface area contributed by atoms with Crippen LogP contribution in [0.25, 0.3) is 0 Å². The van der Waals surface area contributed by atoms with E-state index in [0.29, 0.717) is 6.04 Å². The average Bonchev–Trinajstić information content (AvgIpc) is 3.05. The minimum atomic E-state index is 0.435. The summed E-state index contributed by atoms with van der Waals surface area (Å²) in [5.74, 6) is 0. The van der Waals surface area contributed by atoms with Crippen LogP contribution < -0.4 is 5.32 Å². The predicted octanol–water partition coefficient (Wildman–Crippen LogP) is 4.09. The highest BCUT2D eigenvalue weighted by Gasteiger charge is 2.11. The van der Waals surface area contributed by atoms with E-state index in [-0.39, 0.29) is 0 Å². The number of thiophene rings is 1. The fourth-order valence-corrected chi connectivity index (χ4v) is 3.40. The van der Waals surface area contributed by atoms with E-state index in [9.17, 15) is 0 Å². The van der Waals surface area contributed by atoms with Crippen molar-refractivity contribution in [1.29, 1.82) is 0 Å². The van der Waals surface area contributed by atoms with E-state index in [1.165, 1.54) is 30.4 Å². The van der Waals surface area contributed by atoms with E-state index in [1.54, 1.807) is 22.5 Å². The van der Waals surface area contributed by atoms with Crippen LogP contribution in [0.3, 0.4) is 0 Å². The Morgan fingerprint density at radius 3 is 2.94 bits per heavy atom. The topological polar surface area (TPSA) is 12.0 Å². The van der Waals surface area contributed by atoms with E-state index < -0.39 is 0 Å². The number of fused-ring (bicyclic) bond motifs is 1. The van der Waals surface area contributed by atoms with Crippen LogP contribution in [-0.4, -0.2) is 0 Å². The van der Waals surface area contributed by atoms with Gasteiger partial charge in [0.25, 0.3) is 0 Å². The zero-order valence-electron chi connectivity index (χ0n) is 10.8. The molecule has 18 heavy (non-hydrogen) atoms. The molecule has 0 amide bonds. The maximum atomic E-state index is 3.60. The van der Waals surface area contributed by atoms with Crippen LogP contribution in [0.1, 0.15) is 41.6 Å². The lowest BCUT2D eigenvalue weighted by molar-refractivity contribution is 0.576. The molecule has 1 heterocycles. The highest BCUT2D eigenvalue weighted by molar-refractivity contribution is 7.07. The first-order valence-electron chi connectivity index (χ1n) is 6.69. The van der Waals surface area contributed by atoms with Crippen molar-refractivity contribution >= 4 is 11.3 Å². The van der Waals surface area contributed by atoms with Crippen LogP contribution in [-0.2, 0) is 19.4 Å². The molecule has 1 aliphatic carbocycles. The zero-order valence-corrected chi connectivity index (χ0v) is 11.6. The Labute approximate surface area is 113 Å². The lowest BCUT2D eigenvalue weighted by atomic mass is 10.1. The predicted molar refractivity (Wildman–Crippen MR) is 78.0 cm³/mol. The second-order valence-electron chi connectivity index (χ2n) is 5.12. The van der Waals surface area contributed by atoms with E-state index in [0.717, 1.165) is 6.54 Å². The summed E-state index contributed by atoms with van der Waals surface area (Å²) in [6, 6.07) is 9.61. The van der Waals surface area contributed by atoms with Crippen LogP contribution in [0.15, 0.2) is 35.0 Å². The molecule has 3 rings (SSSR count). The first-order chi connectivity index (χ1) is 8.83. The lowest BCUT2D eigenvalue weighted by Crippen LogP contribution is -2.17. The Bertz CT molecular complexity index is 516. The molecule has 94 valence electrons. The number of benzene rings is 1. The summed E-state index contributed by atoms with van der Waals surface area (Å²) >= 11 is 1.77. The van der Waals surface area contributed by atoms with Crippen molar-refractivity contribution in [2.24, 2.45) is 0 Å². The molecule has 0 spiro atoms. The molecule has 1 aromatic heterocycles. The van der Waals surface area contributed by atoms with Crippen molar-refractivity contribution in [2.45, 2.75) is 38.8 Å². The molecule has 0 aliphatic heterocycles. The maximum Gasteiger partial charge on any atom is 0.0303 e. The SMILES string of the molecule is CC(NCc1ccc2c(c1)CCC2)c1ccsc1. The van der Waals surface area contributed by atoms with E-state index in [2.05, 4.69) is 47.3 Å². The molecule has 1 N–H and O–H groups in total. The van der Waals surface area contributed by atoms with Gasteiger partial charge in [0.05, 0.1) is 0 Å². The fourth-order valence-electron chi connectivity index (χ4n) is 2.65. The van der Waals surface area contributed by atoms with Crippen LogP contribution in [0.5, 0.6) is 0 Å². The van der Waals surface area contributed by atoms with E-state index >= 15 is 0 Å². The summed E-state index contributed by atoms with van der Waals surface area (Å²) in [5.41, 5.74) is 5.93.